The van der Waals surface area contributed by atoms with E-state index in [9.17, 15) is 0 Å². The second-order valence-corrected chi connectivity index (χ2v) is 6.59. The van der Waals surface area contributed by atoms with Crippen molar-refractivity contribution in [1.29, 1.82) is 0 Å². The van der Waals surface area contributed by atoms with Gasteiger partial charge in [-0.2, -0.15) is 12.6 Å². The van der Waals surface area contributed by atoms with E-state index >= 15 is 0 Å². The molecule has 1 unspecified atom stereocenters. The van der Waals surface area contributed by atoms with E-state index in [1.54, 1.807) is 0 Å². The van der Waals surface area contributed by atoms with Crippen LogP contribution in [0.15, 0.2) is 0 Å². The Morgan fingerprint density at radius 2 is 1.88 bits per heavy atom. The van der Waals surface area contributed by atoms with Crippen molar-refractivity contribution in [3.63, 3.8) is 0 Å². The molecule has 0 aromatic rings. The van der Waals surface area contributed by atoms with Gasteiger partial charge in [0.1, 0.15) is 0 Å². The van der Waals surface area contributed by atoms with Gasteiger partial charge in [0.15, 0.2) is 0 Å². The number of hydrogen-bond donors (Lipinski definition) is 1. The van der Waals surface area contributed by atoms with Gasteiger partial charge >= 0.3 is 0 Å². The summed E-state index contributed by atoms with van der Waals surface area (Å²) in [6.45, 7) is 7.99. The summed E-state index contributed by atoms with van der Waals surface area (Å²) in [6, 6.07) is 0. The zero-order valence-electron chi connectivity index (χ0n) is 11.2. The molecule has 2 heteroatoms. The first kappa shape index (κ1) is 14.4. The molecule has 96 valence electrons. The fourth-order valence-corrected chi connectivity index (χ4v) is 2.78. The maximum Gasteiger partial charge on any atom is 0.0575 e. The zero-order valence-corrected chi connectivity index (χ0v) is 12.1. The molecule has 0 spiro atoms. The maximum atomic E-state index is 5.97. The van der Waals surface area contributed by atoms with Crippen molar-refractivity contribution >= 4 is 12.6 Å². The summed E-state index contributed by atoms with van der Waals surface area (Å²) in [4.78, 5) is 0. The Kier molecular flexibility index (Phi) is 6.20. The minimum absolute atomic E-state index is 0.538. The quantitative estimate of drug-likeness (QED) is 0.685. The maximum absolute atomic E-state index is 5.97. The SMILES string of the molecule is CC(CCS)CCOC1CCC(C)(C)CC1. The van der Waals surface area contributed by atoms with Crippen molar-refractivity contribution in [2.75, 3.05) is 12.4 Å². The summed E-state index contributed by atoms with van der Waals surface area (Å²) in [7, 11) is 0. The van der Waals surface area contributed by atoms with Crippen LogP contribution in [0, 0.1) is 11.3 Å². The van der Waals surface area contributed by atoms with Gasteiger partial charge in [-0.15, -0.1) is 0 Å². The van der Waals surface area contributed by atoms with Gasteiger partial charge in [-0.25, -0.2) is 0 Å². The fraction of sp³-hybridized carbons (Fsp3) is 1.00. The molecular weight excluding hydrogens is 216 g/mol. The topological polar surface area (TPSA) is 9.23 Å². The lowest BCUT2D eigenvalue weighted by Gasteiger charge is -2.34. The molecule has 0 saturated heterocycles. The molecule has 0 aromatic carbocycles. The lowest BCUT2D eigenvalue weighted by atomic mass is 9.76. The van der Waals surface area contributed by atoms with E-state index in [1.165, 1.54) is 38.5 Å². The summed E-state index contributed by atoms with van der Waals surface area (Å²) in [5.41, 5.74) is 0.555. The molecule has 1 atom stereocenters. The van der Waals surface area contributed by atoms with Crippen molar-refractivity contribution in [1.82, 2.24) is 0 Å². The normalized spacial score (nSPS) is 23.2. The van der Waals surface area contributed by atoms with E-state index in [0.29, 0.717) is 11.5 Å². The third-order valence-corrected chi connectivity index (χ3v) is 4.13. The summed E-state index contributed by atoms with van der Waals surface area (Å²) < 4.78 is 5.97. The number of rotatable bonds is 6. The molecule has 0 amide bonds. The molecule has 1 fully saturated rings. The van der Waals surface area contributed by atoms with Crippen molar-refractivity contribution in [3.05, 3.63) is 0 Å². The molecule has 0 bridgehead atoms. The Hall–Kier alpha value is 0.310. The van der Waals surface area contributed by atoms with Crippen LogP contribution in [0.5, 0.6) is 0 Å². The molecule has 1 saturated carbocycles. The fourth-order valence-electron chi connectivity index (χ4n) is 2.34. The third-order valence-electron chi connectivity index (χ3n) is 3.87. The second kappa shape index (κ2) is 6.90. The first-order valence-electron chi connectivity index (χ1n) is 6.76. The number of hydrogen-bond acceptors (Lipinski definition) is 2. The first-order chi connectivity index (χ1) is 7.53. The first-order valence-corrected chi connectivity index (χ1v) is 7.39. The van der Waals surface area contributed by atoms with Gasteiger partial charge in [0.05, 0.1) is 6.10 Å². The molecule has 1 nitrogen and oxygen atoms in total. The van der Waals surface area contributed by atoms with Crippen molar-refractivity contribution in [3.8, 4) is 0 Å². The summed E-state index contributed by atoms with van der Waals surface area (Å²) in [6.07, 6.45) is 8.11. The van der Waals surface area contributed by atoms with Crippen LogP contribution in [0.4, 0.5) is 0 Å². The minimum Gasteiger partial charge on any atom is -0.378 e. The van der Waals surface area contributed by atoms with Crippen LogP contribution in [-0.2, 0) is 4.74 Å². The van der Waals surface area contributed by atoms with Gasteiger partial charge in [0.2, 0.25) is 0 Å². The highest BCUT2D eigenvalue weighted by Crippen LogP contribution is 2.36. The predicted octanol–water partition coefficient (Wildman–Crippen LogP) is 4.32. The van der Waals surface area contributed by atoms with Gasteiger partial charge in [-0.05, 0) is 55.6 Å². The van der Waals surface area contributed by atoms with Crippen LogP contribution in [0.25, 0.3) is 0 Å². The third kappa shape index (κ3) is 5.58. The van der Waals surface area contributed by atoms with Crippen LogP contribution in [-0.4, -0.2) is 18.5 Å². The van der Waals surface area contributed by atoms with Crippen molar-refractivity contribution in [2.24, 2.45) is 11.3 Å². The average molecular weight is 244 g/mol. The van der Waals surface area contributed by atoms with E-state index in [4.69, 9.17) is 4.74 Å². The van der Waals surface area contributed by atoms with E-state index in [1.807, 2.05) is 0 Å². The smallest absolute Gasteiger partial charge is 0.0575 e. The minimum atomic E-state index is 0.538. The van der Waals surface area contributed by atoms with Crippen molar-refractivity contribution < 1.29 is 4.74 Å². The Bertz CT molecular complexity index is 181. The van der Waals surface area contributed by atoms with Crippen LogP contribution < -0.4 is 0 Å². The van der Waals surface area contributed by atoms with E-state index in [0.717, 1.165) is 18.3 Å². The van der Waals surface area contributed by atoms with Gasteiger partial charge < -0.3 is 4.74 Å². The molecule has 0 radical (unpaired) electrons. The molecule has 1 aliphatic rings. The van der Waals surface area contributed by atoms with Crippen LogP contribution in [0.3, 0.4) is 0 Å². The largest absolute Gasteiger partial charge is 0.378 e. The van der Waals surface area contributed by atoms with E-state index in [2.05, 4.69) is 33.4 Å². The molecule has 1 aliphatic carbocycles. The lowest BCUT2D eigenvalue weighted by molar-refractivity contribution is -0.000559. The molecule has 16 heavy (non-hydrogen) atoms. The van der Waals surface area contributed by atoms with Gasteiger partial charge in [-0.3, -0.25) is 0 Å². The Balaban J connectivity index is 2.06. The van der Waals surface area contributed by atoms with Gasteiger partial charge in [0, 0.05) is 6.61 Å². The summed E-state index contributed by atoms with van der Waals surface area (Å²) >= 11 is 4.26. The highest BCUT2D eigenvalue weighted by molar-refractivity contribution is 7.80. The molecule has 1 rings (SSSR count). The molecule has 0 aromatic heterocycles. The van der Waals surface area contributed by atoms with Gasteiger partial charge in [-0.1, -0.05) is 20.8 Å². The van der Waals surface area contributed by atoms with Gasteiger partial charge in [0.25, 0.3) is 0 Å². The Morgan fingerprint density at radius 3 is 2.44 bits per heavy atom. The molecular formula is C14H28OS. The number of thiol groups is 1. The monoisotopic (exact) mass is 244 g/mol. The van der Waals surface area contributed by atoms with E-state index < -0.39 is 0 Å². The number of ether oxygens (including phenoxy) is 1. The van der Waals surface area contributed by atoms with Crippen LogP contribution in [0.2, 0.25) is 0 Å². The standard InChI is InChI=1S/C14H28OS/c1-12(7-11-16)6-10-15-13-4-8-14(2,3)9-5-13/h12-13,16H,4-11H2,1-3H3. The average Bonchev–Trinajstić information content (AvgIpc) is 2.21. The highest BCUT2D eigenvalue weighted by atomic mass is 32.1. The van der Waals surface area contributed by atoms with Crippen molar-refractivity contribution in [2.45, 2.75) is 65.4 Å². The highest BCUT2D eigenvalue weighted by Gasteiger charge is 2.26. The second-order valence-electron chi connectivity index (χ2n) is 6.14. The van der Waals surface area contributed by atoms with Crippen LogP contribution in [0.1, 0.15) is 59.3 Å². The molecule has 0 heterocycles. The summed E-state index contributed by atoms with van der Waals surface area (Å²) in [5, 5.41) is 0. The lowest BCUT2D eigenvalue weighted by Crippen LogP contribution is -2.27. The molecule has 0 N–H and O–H groups in total. The zero-order chi connectivity index (χ0) is 12.0. The predicted molar refractivity (Wildman–Crippen MR) is 74.2 cm³/mol. The molecule has 0 aliphatic heterocycles. The summed E-state index contributed by atoms with van der Waals surface area (Å²) in [5.74, 6) is 1.76. The van der Waals surface area contributed by atoms with Crippen LogP contribution >= 0.6 is 12.6 Å². The Labute approximate surface area is 107 Å². The van der Waals surface area contributed by atoms with E-state index in [-0.39, 0.29) is 0 Å². The Morgan fingerprint density at radius 1 is 1.25 bits per heavy atom.